The Labute approximate surface area is 102 Å². The van der Waals surface area contributed by atoms with Crippen LogP contribution < -0.4 is 16.0 Å². The van der Waals surface area contributed by atoms with Gasteiger partial charge >= 0.3 is 0 Å². The molecule has 1 unspecified atom stereocenters. The summed E-state index contributed by atoms with van der Waals surface area (Å²) in [5.41, 5.74) is 0. The Kier molecular flexibility index (Phi) is 7.72. The lowest BCUT2D eigenvalue weighted by molar-refractivity contribution is -0.123. The average Bonchev–Trinajstić information content (AvgIpc) is 2.29. The molecule has 6 heteroatoms. The summed E-state index contributed by atoms with van der Waals surface area (Å²) in [5.74, 6) is -0.0353. The van der Waals surface area contributed by atoms with Crippen molar-refractivity contribution in [3.63, 3.8) is 0 Å². The van der Waals surface area contributed by atoms with E-state index >= 15 is 0 Å². The molecule has 0 saturated carbocycles. The van der Waals surface area contributed by atoms with Crippen molar-refractivity contribution in [3.05, 3.63) is 0 Å². The molecule has 0 radical (unpaired) electrons. The van der Waals surface area contributed by atoms with Crippen molar-refractivity contribution in [1.82, 2.24) is 16.0 Å². The van der Waals surface area contributed by atoms with Gasteiger partial charge in [0, 0.05) is 6.54 Å². The molecule has 0 aromatic rings. The fourth-order valence-electron chi connectivity index (χ4n) is 0.997. The Morgan fingerprint density at radius 3 is 2.41 bits per heavy atom. The van der Waals surface area contributed by atoms with E-state index in [1.165, 1.54) is 0 Å². The van der Waals surface area contributed by atoms with Crippen molar-refractivity contribution in [2.75, 3.05) is 19.6 Å². The van der Waals surface area contributed by atoms with Crippen LogP contribution in [0.5, 0.6) is 0 Å². The van der Waals surface area contributed by atoms with Gasteiger partial charge in [0.05, 0.1) is 18.7 Å². The number of carbonyl (C=O) groups excluding carboxylic acids is 2. The molecule has 0 aliphatic heterocycles. The number of amides is 2. The maximum Gasteiger partial charge on any atom is 0.236 e. The van der Waals surface area contributed by atoms with Crippen molar-refractivity contribution in [2.45, 2.75) is 26.8 Å². The Hall–Kier alpha value is -1.61. The van der Waals surface area contributed by atoms with Crippen LogP contribution in [0.25, 0.3) is 0 Å². The first kappa shape index (κ1) is 15.4. The summed E-state index contributed by atoms with van der Waals surface area (Å²) in [6.45, 7) is 6.33. The van der Waals surface area contributed by atoms with Crippen LogP contribution in [0, 0.1) is 17.2 Å². The van der Waals surface area contributed by atoms with E-state index in [-0.39, 0.29) is 24.9 Å². The van der Waals surface area contributed by atoms with Gasteiger partial charge in [0.15, 0.2) is 0 Å². The Balaban J connectivity index is 3.77. The van der Waals surface area contributed by atoms with E-state index in [1.807, 2.05) is 13.8 Å². The van der Waals surface area contributed by atoms with Gasteiger partial charge in [-0.05, 0) is 12.8 Å². The number of hydrogen-bond acceptors (Lipinski definition) is 4. The van der Waals surface area contributed by atoms with Gasteiger partial charge in [-0.1, -0.05) is 13.8 Å². The molecule has 0 aromatic heterocycles. The molecule has 3 N–H and O–H groups in total. The second kappa shape index (κ2) is 8.53. The van der Waals surface area contributed by atoms with Gasteiger partial charge in [0.25, 0.3) is 0 Å². The highest BCUT2D eigenvalue weighted by Crippen LogP contribution is 1.88. The van der Waals surface area contributed by atoms with Crippen LogP contribution in [0.4, 0.5) is 0 Å². The van der Waals surface area contributed by atoms with E-state index in [2.05, 4.69) is 16.0 Å². The van der Waals surface area contributed by atoms with Crippen LogP contribution in [0.3, 0.4) is 0 Å². The molecule has 17 heavy (non-hydrogen) atoms. The van der Waals surface area contributed by atoms with Crippen molar-refractivity contribution in [3.8, 4) is 6.07 Å². The molecule has 0 aliphatic rings. The van der Waals surface area contributed by atoms with Gasteiger partial charge in [-0.3, -0.25) is 14.9 Å². The third-order valence-corrected chi connectivity index (χ3v) is 2.01. The second-order valence-corrected chi connectivity index (χ2v) is 4.18. The van der Waals surface area contributed by atoms with E-state index in [4.69, 9.17) is 5.26 Å². The van der Waals surface area contributed by atoms with E-state index < -0.39 is 6.04 Å². The average molecular weight is 240 g/mol. The third-order valence-electron chi connectivity index (χ3n) is 2.01. The molecule has 6 nitrogen and oxygen atoms in total. The van der Waals surface area contributed by atoms with Crippen LogP contribution in [0.15, 0.2) is 0 Å². The first-order valence-corrected chi connectivity index (χ1v) is 5.62. The van der Waals surface area contributed by atoms with Gasteiger partial charge in [0.1, 0.15) is 6.54 Å². The molecule has 0 fully saturated rings. The smallest absolute Gasteiger partial charge is 0.236 e. The minimum atomic E-state index is -0.429. The van der Waals surface area contributed by atoms with E-state index in [1.54, 1.807) is 13.0 Å². The molecule has 0 heterocycles. The summed E-state index contributed by atoms with van der Waals surface area (Å²) in [5, 5.41) is 16.2. The second-order valence-electron chi connectivity index (χ2n) is 4.18. The quantitative estimate of drug-likeness (QED) is 0.517. The zero-order chi connectivity index (χ0) is 13.3. The Bertz CT molecular complexity index is 296. The number of nitrogens with zero attached hydrogens (tertiary/aromatic N) is 1. The summed E-state index contributed by atoms with van der Waals surface area (Å²) in [6.07, 6.45) is 0. The van der Waals surface area contributed by atoms with Crippen LogP contribution in [-0.4, -0.2) is 37.5 Å². The molecular weight excluding hydrogens is 220 g/mol. The van der Waals surface area contributed by atoms with E-state index in [0.29, 0.717) is 12.5 Å². The SMILES string of the molecule is CC(C)CNC(=O)C(C)NCC(=O)NCC#N. The van der Waals surface area contributed by atoms with Crippen molar-refractivity contribution in [1.29, 1.82) is 5.26 Å². The predicted octanol–water partition coefficient (Wildman–Crippen LogP) is -0.624. The molecule has 96 valence electrons. The van der Waals surface area contributed by atoms with Crippen LogP contribution in [-0.2, 0) is 9.59 Å². The monoisotopic (exact) mass is 240 g/mol. The lowest BCUT2D eigenvalue weighted by Gasteiger charge is -2.14. The summed E-state index contributed by atoms with van der Waals surface area (Å²) in [6, 6.07) is 1.37. The van der Waals surface area contributed by atoms with E-state index in [0.717, 1.165) is 0 Å². The highest BCUT2D eigenvalue weighted by Gasteiger charge is 2.13. The minimum Gasteiger partial charge on any atom is -0.354 e. The fourth-order valence-corrected chi connectivity index (χ4v) is 0.997. The van der Waals surface area contributed by atoms with Crippen LogP contribution in [0.1, 0.15) is 20.8 Å². The first-order valence-electron chi connectivity index (χ1n) is 5.62. The van der Waals surface area contributed by atoms with Gasteiger partial charge < -0.3 is 10.6 Å². The Morgan fingerprint density at radius 1 is 1.24 bits per heavy atom. The molecule has 1 atom stereocenters. The van der Waals surface area contributed by atoms with Crippen molar-refractivity contribution < 1.29 is 9.59 Å². The topological polar surface area (TPSA) is 94.0 Å². The van der Waals surface area contributed by atoms with Gasteiger partial charge in [-0.25, -0.2) is 0 Å². The highest BCUT2D eigenvalue weighted by molar-refractivity contribution is 5.83. The number of hydrogen-bond donors (Lipinski definition) is 3. The largest absolute Gasteiger partial charge is 0.354 e. The summed E-state index contributed by atoms with van der Waals surface area (Å²) in [7, 11) is 0. The number of nitriles is 1. The highest BCUT2D eigenvalue weighted by atomic mass is 16.2. The van der Waals surface area contributed by atoms with Crippen LogP contribution >= 0.6 is 0 Å². The van der Waals surface area contributed by atoms with E-state index in [9.17, 15) is 9.59 Å². The lowest BCUT2D eigenvalue weighted by Crippen LogP contribution is -2.46. The number of rotatable bonds is 7. The predicted molar refractivity (Wildman–Crippen MR) is 63.9 cm³/mol. The maximum atomic E-state index is 11.5. The Morgan fingerprint density at radius 2 is 1.88 bits per heavy atom. The molecule has 2 amide bonds. The molecule has 0 saturated heterocycles. The standard InChI is InChI=1S/C11H20N4O2/c1-8(2)6-15-11(17)9(3)14-7-10(16)13-5-4-12/h8-9,14H,5-7H2,1-3H3,(H,13,16)(H,15,17). The number of nitrogens with one attached hydrogen (secondary N) is 3. The molecule has 0 aliphatic carbocycles. The molecule has 0 spiro atoms. The van der Waals surface area contributed by atoms with Gasteiger partial charge in [0.2, 0.25) is 11.8 Å². The van der Waals surface area contributed by atoms with Gasteiger partial charge in [-0.2, -0.15) is 5.26 Å². The number of carbonyl (C=O) groups is 2. The van der Waals surface area contributed by atoms with Crippen molar-refractivity contribution >= 4 is 11.8 Å². The van der Waals surface area contributed by atoms with Crippen molar-refractivity contribution in [2.24, 2.45) is 5.92 Å². The zero-order valence-electron chi connectivity index (χ0n) is 10.5. The maximum absolute atomic E-state index is 11.5. The fraction of sp³-hybridized carbons (Fsp3) is 0.727. The summed E-state index contributed by atoms with van der Waals surface area (Å²) >= 11 is 0. The third kappa shape index (κ3) is 8.22. The minimum absolute atomic E-state index is 0.0194. The van der Waals surface area contributed by atoms with Crippen LogP contribution in [0.2, 0.25) is 0 Å². The lowest BCUT2D eigenvalue weighted by atomic mass is 10.2. The molecule has 0 bridgehead atoms. The normalized spacial score (nSPS) is 11.7. The first-order chi connectivity index (χ1) is 7.97. The molecule has 0 aromatic carbocycles. The summed E-state index contributed by atoms with van der Waals surface area (Å²) < 4.78 is 0. The zero-order valence-corrected chi connectivity index (χ0v) is 10.5. The van der Waals surface area contributed by atoms with Gasteiger partial charge in [-0.15, -0.1) is 0 Å². The molecule has 0 rings (SSSR count). The summed E-state index contributed by atoms with van der Waals surface area (Å²) in [4.78, 5) is 22.7. The molecular formula is C11H20N4O2.